The van der Waals surface area contributed by atoms with Crippen molar-refractivity contribution in [3.63, 3.8) is 0 Å². The summed E-state index contributed by atoms with van der Waals surface area (Å²) < 4.78 is 0. The summed E-state index contributed by atoms with van der Waals surface area (Å²) in [6, 6.07) is 18.8. The molecule has 0 atom stereocenters. The van der Waals surface area contributed by atoms with E-state index in [0.717, 1.165) is 22.9 Å². The number of hydrogen-bond donors (Lipinski definition) is 1. The smallest absolute Gasteiger partial charge is 0.183 e. The van der Waals surface area contributed by atoms with E-state index in [4.69, 9.17) is 0 Å². The standard InChI is InChI=1S/C17H16N2S/c1-13-7-9-14(10-8-13)11-18-17-19-16(12-20-17)15-5-3-2-4-6-15/h2-10,12H,11H2,1H3,(H,18,19). The molecule has 0 bridgehead atoms. The summed E-state index contributed by atoms with van der Waals surface area (Å²) in [5.41, 5.74) is 4.75. The van der Waals surface area contributed by atoms with Gasteiger partial charge < -0.3 is 5.32 Å². The van der Waals surface area contributed by atoms with Gasteiger partial charge in [-0.3, -0.25) is 0 Å². The van der Waals surface area contributed by atoms with Gasteiger partial charge in [-0.1, -0.05) is 60.2 Å². The van der Waals surface area contributed by atoms with Gasteiger partial charge in [0.1, 0.15) is 0 Å². The molecule has 0 fully saturated rings. The van der Waals surface area contributed by atoms with Crippen LogP contribution in [-0.2, 0) is 6.54 Å². The molecule has 0 saturated heterocycles. The van der Waals surface area contributed by atoms with E-state index in [2.05, 4.69) is 59.0 Å². The molecule has 3 rings (SSSR count). The lowest BCUT2D eigenvalue weighted by molar-refractivity contribution is 1.13. The van der Waals surface area contributed by atoms with Gasteiger partial charge in [-0.15, -0.1) is 11.3 Å². The van der Waals surface area contributed by atoms with Crippen molar-refractivity contribution < 1.29 is 0 Å². The third-order valence-electron chi connectivity index (χ3n) is 3.14. The third-order valence-corrected chi connectivity index (χ3v) is 3.94. The van der Waals surface area contributed by atoms with E-state index in [-0.39, 0.29) is 0 Å². The van der Waals surface area contributed by atoms with Gasteiger partial charge in [0.05, 0.1) is 5.69 Å². The average Bonchev–Trinajstić information content (AvgIpc) is 2.97. The van der Waals surface area contributed by atoms with E-state index >= 15 is 0 Å². The lowest BCUT2D eigenvalue weighted by Gasteiger charge is -2.03. The topological polar surface area (TPSA) is 24.9 Å². The van der Waals surface area contributed by atoms with E-state index < -0.39 is 0 Å². The Morgan fingerprint density at radius 1 is 1.00 bits per heavy atom. The Kier molecular flexibility index (Phi) is 3.79. The highest BCUT2D eigenvalue weighted by atomic mass is 32.1. The fourth-order valence-corrected chi connectivity index (χ4v) is 2.70. The molecule has 0 aliphatic rings. The lowest BCUT2D eigenvalue weighted by Crippen LogP contribution is -1.98. The SMILES string of the molecule is Cc1ccc(CNc2nc(-c3ccccc3)cs2)cc1. The molecule has 1 aromatic heterocycles. The van der Waals surface area contributed by atoms with E-state index in [0.29, 0.717) is 0 Å². The summed E-state index contributed by atoms with van der Waals surface area (Å²) in [7, 11) is 0. The zero-order valence-electron chi connectivity index (χ0n) is 11.3. The summed E-state index contributed by atoms with van der Waals surface area (Å²) in [6.07, 6.45) is 0. The summed E-state index contributed by atoms with van der Waals surface area (Å²) in [5.74, 6) is 0. The van der Waals surface area contributed by atoms with Crippen molar-refractivity contribution in [1.82, 2.24) is 4.98 Å². The minimum absolute atomic E-state index is 0.808. The zero-order chi connectivity index (χ0) is 13.8. The van der Waals surface area contributed by atoms with Crippen molar-refractivity contribution in [2.45, 2.75) is 13.5 Å². The highest BCUT2D eigenvalue weighted by molar-refractivity contribution is 7.14. The van der Waals surface area contributed by atoms with Crippen LogP contribution in [0.1, 0.15) is 11.1 Å². The number of aromatic nitrogens is 1. The van der Waals surface area contributed by atoms with Crippen molar-refractivity contribution in [1.29, 1.82) is 0 Å². The predicted molar refractivity (Wildman–Crippen MR) is 86.1 cm³/mol. The van der Waals surface area contributed by atoms with Crippen LogP contribution in [0.25, 0.3) is 11.3 Å². The van der Waals surface area contributed by atoms with Gasteiger partial charge in [-0.05, 0) is 12.5 Å². The molecule has 0 saturated carbocycles. The first kappa shape index (κ1) is 12.9. The van der Waals surface area contributed by atoms with Crippen LogP contribution < -0.4 is 5.32 Å². The quantitative estimate of drug-likeness (QED) is 0.747. The first-order chi connectivity index (χ1) is 9.81. The maximum atomic E-state index is 4.62. The maximum absolute atomic E-state index is 4.62. The molecule has 0 radical (unpaired) electrons. The second-order valence-electron chi connectivity index (χ2n) is 4.74. The number of aryl methyl sites for hydroxylation is 1. The number of benzene rings is 2. The number of anilines is 1. The average molecular weight is 280 g/mol. The van der Waals surface area contributed by atoms with Crippen LogP contribution in [0.15, 0.2) is 60.0 Å². The van der Waals surface area contributed by atoms with Crippen LogP contribution in [0.5, 0.6) is 0 Å². The molecule has 2 aromatic carbocycles. The van der Waals surface area contributed by atoms with Gasteiger partial charge >= 0.3 is 0 Å². The first-order valence-electron chi connectivity index (χ1n) is 6.61. The van der Waals surface area contributed by atoms with Crippen molar-refractivity contribution in [3.05, 3.63) is 71.1 Å². The summed E-state index contributed by atoms with van der Waals surface area (Å²) in [6.45, 7) is 2.91. The Labute approximate surface area is 123 Å². The Morgan fingerprint density at radius 2 is 1.75 bits per heavy atom. The minimum atomic E-state index is 0.808. The number of rotatable bonds is 4. The molecule has 0 unspecified atom stereocenters. The first-order valence-corrected chi connectivity index (χ1v) is 7.49. The van der Waals surface area contributed by atoms with E-state index in [1.807, 2.05) is 18.2 Å². The lowest BCUT2D eigenvalue weighted by atomic mass is 10.1. The van der Waals surface area contributed by atoms with Crippen LogP contribution in [0.2, 0.25) is 0 Å². The molecule has 0 amide bonds. The maximum Gasteiger partial charge on any atom is 0.183 e. The molecule has 3 aromatic rings. The molecule has 3 heteroatoms. The fourth-order valence-electron chi connectivity index (χ4n) is 1.98. The van der Waals surface area contributed by atoms with Crippen molar-refractivity contribution >= 4 is 16.5 Å². The number of nitrogens with one attached hydrogen (secondary N) is 1. The Balaban J connectivity index is 1.67. The van der Waals surface area contributed by atoms with Crippen molar-refractivity contribution in [2.24, 2.45) is 0 Å². The molecule has 100 valence electrons. The molecule has 2 nitrogen and oxygen atoms in total. The third kappa shape index (κ3) is 3.06. The van der Waals surface area contributed by atoms with Crippen molar-refractivity contribution in [2.75, 3.05) is 5.32 Å². The summed E-state index contributed by atoms with van der Waals surface area (Å²) in [5, 5.41) is 6.43. The monoisotopic (exact) mass is 280 g/mol. The van der Waals surface area contributed by atoms with Crippen LogP contribution >= 0.6 is 11.3 Å². The van der Waals surface area contributed by atoms with Gasteiger partial charge in [0, 0.05) is 17.5 Å². The fraction of sp³-hybridized carbons (Fsp3) is 0.118. The molecule has 20 heavy (non-hydrogen) atoms. The molecular weight excluding hydrogens is 264 g/mol. The van der Waals surface area contributed by atoms with Gasteiger partial charge in [0.25, 0.3) is 0 Å². The van der Waals surface area contributed by atoms with Crippen LogP contribution in [0.4, 0.5) is 5.13 Å². The number of nitrogens with zero attached hydrogens (tertiary/aromatic N) is 1. The summed E-state index contributed by atoms with van der Waals surface area (Å²) >= 11 is 1.64. The Hall–Kier alpha value is -2.13. The Bertz CT molecular complexity index is 672. The molecule has 0 spiro atoms. The van der Waals surface area contributed by atoms with Crippen molar-refractivity contribution in [3.8, 4) is 11.3 Å². The molecule has 1 N–H and O–H groups in total. The van der Waals surface area contributed by atoms with Crippen LogP contribution in [0, 0.1) is 6.92 Å². The molecule has 0 aliphatic heterocycles. The normalized spacial score (nSPS) is 10.4. The summed E-state index contributed by atoms with van der Waals surface area (Å²) in [4.78, 5) is 4.62. The number of hydrogen-bond acceptors (Lipinski definition) is 3. The van der Waals surface area contributed by atoms with E-state index in [1.54, 1.807) is 11.3 Å². The number of thiazole rings is 1. The van der Waals surface area contributed by atoms with Crippen LogP contribution in [-0.4, -0.2) is 4.98 Å². The molecule has 0 aliphatic carbocycles. The Morgan fingerprint density at radius 3 is 2.50 bits per heavy atom. The largest absolute Gasteiger partial charge is 0.357 e. The second-order valence-corrected chi connectivity index (χ2v) is 5.60. The molecule has 1 heterocycles. The van der Waals surface area contributed by atoms with Gasteiger partial charge in [-0.2, -0.15) is 0 Å². The zero-order valence-corrected chi connectivity index (χ0v) is 12.2. The molecular formula is C17H16N2S. The highest BCUT2D eigenvalue weighted by Crippen LogP contribution is 2.24. The predicted octanol–water partition coefficient (Wildman–Crippen LogP) is 4.73. The van der Waals surface area contributed by atoms with Gasteiger partial charge in [0.15, 0.2) is 5.13 Å². The van der Waals surface area contributed by atoms with E-state index in [1.165, 1.54) is 11.1 Å². The van der Waals surface area contributed by atoms with Crippen LogP contribution in [0.3, 0.4) is 0 Å². The second kappa shape index (κ2) is 5.88. The van der Waals surface area contributed by atoms with Gasteiger partial charge in [-0.25, -0.2) is 4.98 Å². The highest BCUT2D eigenvalue weighted by Gasteiger charge is 2.03. The van der Waals surface area contributed by atoms with Gasteiger partial charge in [0.2, 0.25) is 0 Å². The minimum Gasteiger partial charge on any atom is -0.357 e. The van der Waals surface area contributed by atoms with E-state index in [9.17, 15) is 0 Å².